The zero-order chi connectivity index (χ0) is 19.9. The predicted molar refractivity (Wildman–Crippen MR) is 112 cm³/mol. The summed E-state index contributed by atoms with van der Waals surface area (Å²) in [6.45, 7) is 0.374. The molecule has 3 aromatic carbocycles. The number of nitro benzene ring substituents is 1. The number of hydrogen-bond acceptors (Lipinski definition) is 5. The van der Waals surface area contributed by atoms with Crippen LogP contribution in [-0.4, -0.2) is 11.1 Å². The van der Waals surface area contributed by atoms with Crippen molar-refractivity contribution in [2.24, 2.45) is 5.10 Å². The zero-order valence-corrected chi connectivity index (χ0v) is 16.0. The van der Waals surface area contributed by atoms with Gasteiger partial charge in [-0.2, -0.15) is 5.10 Å². The van der Waals surface area contributed by atoms with Gasteiger partial charge in [0.05, 0.1) is 26.9 Å². The summed E-state index contributed by atoms with van der Waals surface area (Å²) in [6, 6.07) is 18.8. The molecule has 0 amide bonds. The van der Waals surface area contributed by atoms with E-state index in [9.17, 15) is 10.1 Å². The molecular weight excluding hydrogens is 401 g/mol. The lowest BCUT2D eigenvalue weighted by molar-refractivity contribution is -0.384. The Morgan fingerprint density at radius 2 is 1.82 bits per heavy atom. The Balaban J connectivity index is 1.55. The zero-order valence-electron chi connectivity index (χ0n) is 14.5. The van der Waals surface area contributed by atoms with Crippen LogP contribution in [0.1, 0.15) is 11.1 Å². The molecule has 0 aliphatic heterocycles. The first-order valence-electron chi connectivity index (χ1n) is 8.21. The van der Waals surface area contributed by atoms with Crippen LogP contribution >= 0.6 is 23.2 Å². The van der Waals surface area contributed by atoms with Crippen molar-refractivity contribution < 1.29 is 9.66 Å². The van der Waals surface area contributed by atoms with Gasteiger partial charge >= 0.3 is 0 Å². The van der Waals surface area contributed by atoms with E-state index < -0.39 is 4.92 Å². The summed E-state index contributed by atoms with van der Waals surface area (Å²) in [6.07, 6.45) is 1.61. The van der Waals surface area contributed by atoms with Crippen LogP contribution in [0.2, 0.25) is 10.0 Å². The maximum atomic E-state index is 10.8. The van der Waals surface area contributed by atoms with E-state index in [0.717, 1.165) is 11.1 Å². The lowest BCUT2D eigenvalue weighted by Gasteiger charge is -2.07. The van der Waals surface area contributed by atoms with Crippen molar-refractivity contribution in [1.29, 1.82) is 0 Å². The van der Waals surface area contributed by atoms with Crippen LogP contribution in [0.5, 0.6) is 5.75 Å². The molecule has 0 aromatic heterocycles. The number of nitrogens with one attached hydrogen (secondary N) is 1. The number of benzene rings is 3. The summed E-state index contributed by atoms with van der Waals surface area (Å²) in [7, 11) is 0. The summed E-state index contributed by atoms with van der Waals surface area (Å²) in [5.74, 6) is 0.704. The standard InChI is InChI=1S/C20H15Cl2N3O3/c21-19-9-6-15(10-20(19)22)13-28-18-7-4-14(5-8-18)12-23-24-16-2-1-3-17(11-16)25(26)27/h1-12,24H,13H2. The summed E-state index contributed by atoms with van der Waals surface area (Å²) in [5, 5.41) is 15.9. The van der Waals surface area contributed by atoms with Crippen molar-refractivity contribution in [3.05, 3.63) is 98.0 Å². The SMILES string of the molecule is O=[N+]([O-])c1cccc(NN=Cc2ccc(OCc3ccc(Cl)c(Cl)c3)cc2)c1. The van der Waals surface area contributed by atoms with Crippen LogP contribution < -0.4 is 10.2 Å². The second-order valence-electron chi connectivity index (χ2n) is 5.78. The van der Waals surface area contributed by atoms with Crippen LogP contribution in [0.4, 0.5) is 11.4 Å². The number of non-ortho nitro benzene ring substituents is 1. The van der Waals surface area contributed by atoms with Crippen molar-refractivity contribution >= 4 is 40.8 Å². The normalized spacial score (nSPS) is 10.8. The fourth-order valence-corrected chi connectivity index (χ4v) is 2.64. The maximum Gasteiger partial charge on any atom is 0.271 e. The van der Waals surface area contributed by atoms with Gasteiger partial charge in [-0.15, -0.1) is 0 Å². The number of halogens is 2. The Labute approximate surface area is 171 Å². The highest BCUT2D eigenvalue weighted by Crippen LogP contribution is 2.23. The Kier molecular flexibility index (Phi) is 6.47. The average molecular weight is 416 g/mol. The van der Waals surface area contributed by atoms with E-state index in [2.05, 4.69) is 10.5 Å². The van der Waals surface area contributed by atoms with Gasteiger partial charge in [0.15, 0.2) is 0 Å². The minimum absolute atomic E-state index is 0.00340. The van der Waals surface area contributed by atoms with E-state index in [0.29, 0.717) is 28.1 Å². The maximum absolute atomic E-state index is 10.8. The molecule has 0 spiro atoms. The van der Waals surface area contributed by atoms with E-state index in [-0.39, 0.29) is 5.69 Å². The van der Waals surface area contributed by atoms with Crippen LogP contribution in [0.3, 0.4) is 0 Å². The number of ether oxygens (including phenoxy) is 1. The second kappa shape index (κ2) is 9.21. The Morgan fingerprint density at radius 1 is 1.04 bits per heavy atom. The molecule has 0 saturated carbocycles. The third-order valence-corrected chi connectivity index (χ3v) is 4.47. The van der Waals surface area contributed by atoms with Crippen LogP contribution in [0.15, 0.2) is 71.8 Å². The predicted octanol–water partition coefficient (Wildman–Crippen LogP) is 5.93. The number of hydrazone groups is 1. The van der Waals surface area contributed by atoms with Gasteiger partial charge in [-0.3, -0.25) is 15.5 Å². The van der Waals surface area contributed by atoms with E-state index >= 15 is 0 Å². The van der Waals surface area contributed by atoms with Crippen molar-refractivity contribution in [3.8, 4) is 5.75 Å². The lowest BCUT2D eigenvalue weighted by atomic mass is 10.2. The quantitative estimate of drug-likeness (QED) is 0.294. The summed E-state index contributed by atoms with van der Waals surface area (Å²) in [4.78, 5) is 10.3. The van der Waals surface area contributed by atoms with E-state index in [1.54, 1.807) is 30.5 Å². The molecule has 0 saturated heterocycles. The Hall–Kier alpha value is -3.09. The number of nitrogens with zero attached hydrogens (tertiary/aromatic N) is 2. The molecule has 0 fully saturated rings. The summed E-state index contributed by atoms with van der Waals surface area (Å²) >= 11 is 11.9. The van der Waals surface area contributed by atoms with Gasteiger partial charge in [-0.05, 0) is 53.6 Å². The number of anilines is 1. The molecule has 0 radical (unpaired) electrons. The molecule has 0 bridgehead atoms. The van der Waals surface area contributed by atoms with Gasteiger partial charge in [0, 0.05) is 12.1 Å². The first kappa shape index (κ1) is 19.7. The lowest BCUT2D eigenvalue weighted by Crippen LogP contribution is -1.96. The van der Waals surface area contributed by atoms with Crippen molar-refractivity contribution in [2.75, 3.05) is 5.43 Å². The average Bonchev–Trinajstić information content (AvgIpc) is 2.70. The van der Waals surface area contributed by atoms with E-state index in [4.69, 9.17) is 27.9 Å². The molecule has 6 nitrogen and oxygen atoms in total. The highest BCUT2D eigenvalue weighted by molar-refractivity contribution is 6.42. The largest absolute Gasteiger partial charge is 0.489 e. The van der Waals surface area contributed by atoms with Gasteiger partial charge in [0.25, 0.3) is 5.69 Å². The van der Waals surface area contributed by atoms with Crippen molar-refractivity contribution in [2.45, 2.75) is 6.61 Å². The van der Waals surface area contributed by atoms with E-state index in [1.807, 2.05) is 30.3 Å². The van der Waals surface area contributed by atoms with Crippen molar-refractivity contribution in [1.82, 2.24) is 0 Å². The smallest absolute Gasteiger partial charge is 0.271 e. The number of hydrogen-bond donors (Lipinski definition) is 1. The van der Waals surface area contributed by atoms with Crippen LogP contribution in [0, 0.1) is 10.1 Å². The molecule has 3 rings (SSSR count). The summed E-state index contributed by atoms with van der Waals surface area (Å²) in [5.41, 5.74) is 5.07. The third-order valence-electron chi connectivity index (χ3n) is 3.73. The fourth-order valence-electron chi connectivity index (χ4n) is 2.32. The molecule has 8 heteroatoms. The molecule has 0 heterocycles. The third kappa shape index (κ3) is 5.45. The topological polar surface area (TPSA) is 76.8 Å². The number of rotatable bonds is 7. The molecule has 0 aliphatic rings. The molecular formula is C20H15Cl2N3O3. The molecule has 28 heavy (non-hydrogen) atoms. The van der Waals surface area contributed by atoms with Gasteiger partial charge in [-0.25, -0.2) is 0 Å². The van der Waals surface area contributed by atoms with Gasteiger partial charge in [-0.1, -0.05) is 35.3 Å². The molecule has 3 aromatic rings. The van der Waals surface area contributed by atoms with Crippen LogP contribution in [0.25, 0.3) is 0 Å². The highest BCUT2D eigenvalue weighted by atomic mass is 35.5. The molecule has 0 aliphatic carbocycles. The van der Waals surface area contributed by atoms with Gasteiger partial charge < -0.3 is 4.74 Å². The van der Waals surface area contributed by atoms with Gasteiger partial charge in [0.1, 0.15) is 12.4 Å². The Bertz CT molecular complexity index is 1010. The second-order valence-corrected chi connectivity index (χ2v) is 6.60. The molecule has 142 valence electrons. The van der Waals surface area contributed by atoms with Crippen LogP contribution in [-0.2, 0) is 6.61 Å². The van der Waals surface area contributed by atoms with Crippen molar-refractivity contribution in [3.63, 3.8) is 0 Å². The number of nitro groups is 1. The fraction of sp³-hybridized carbons (Fsp3) is 0.0500. The highest BCUT2D eigenvalue weighted by Gasteiger charge is 2.04. The minimum Gasteiger partial charge on any atom is -0.489 e. The summed E-state index contributed by atoms with van der Waals surface area (Å²) < 4.78 is 5.73. The molecule has 0 unspecified atom stereocenters. The monoisotopic (exact) mass is 415 g/mol. The molecule has 0 atom stereocenters. The Morgan fingerprint density at radius 3 is 2.54 bits per heavy atom. The molecule has 1 N–H and O–H groups in total. The first-order chi connectivity index (χ1) is 13.5. The van der Waals surface area contributed by atoms with Gasteiger partial charge in [0.2, 0.25) is 0 Å². The van der Waals surface area contributed by atoms with E-state index in [1.165, 1.54) is 12.1 Å². The minimum atomic E-state index is -0.453. The first-order valence-corrected chi connectivity index (χ1v) is 8.97.